The molecule has 4 heteroatoms. The number of amides is 1. The van der Waals surface area contributed by atoms with Gasteiger partial charge in [0.15, 0.2) is 6.10 Å². The quantitative estimate of drug-likeness (QED) is 0.814. The van der Waals surface area contributed by atoms with Crippen LogP contribution in [-0.4, -0.2) is 19.1 Å². The van der Waals surface area contributed by atoms with E-state index in [0.29, 0.717) is 0 Å². The maximum absolute atomic E-state index is 12.5. The van der Waals surface area contributed by atoms with E-state index >= 15 is 0 Å². The van der Waals surface area contributed by atoms with Crippen molar-refractivity contribution in [1.82, 2.24) is 5.32 Å². The van der Waals surface area contributed by atoms with Gasteiger partial charge < -0.3 is 14.8 Å². The average Bonchev–Trinajstić information content (AvgIpc) is 2.62. The van der Waals surface area contributed by atoms with Crippen molar-refractivity contribution in [2.75, 3.05) is 7.11 Å². The summed E-state index contributed by atoms with van der Waals surface area (Å²) in [4.78, 5) is 12.5. The number of hydrogen-bond donors (Lipinski definition) is 1. The highest BCUT2D eigenvalue weighted by Gasteiger charge is 2.20. The molecule has 2 aromatic carbocycles. The summed E-state index contributed by atoms with van der Waals surface area (Å²) in [5.41, 5.74) is 3.18. The number of hydrogen-bond acceptors (Lipinski definition) is 3. The molecule has 0 spiro atoms. The van der Waals surface area contributed by atoms with Crippen molar-refractivity contribution in [1.29, 1.82) is 0 Å². The fourth-order valence-electron chi connectivity index (χ4n) is 2.62. The Labute approximate surface area is 150 Å². The molecule has 1 amide bonds. The molecule has 0 heterocycles. The van der Waals surface area contributed by atoms with Gasteiger partial charge in [0.25, 0.3) is 5.91 Å². The van der Waals surface area contributed by atoms with Gasteiger partial charge in [-0.2, -0.15) is 0 Å². The lowest BCUT2D eigenvalue weighted by molar-refractivity contribution is -0.128. The number of carbonyl (C=O) groups excluding carboxylic acids is 1. The van der Waals surface area contributed by atoms with Crippen LogP contribution in [0.3, 0.4) is 0 Å². The second-order valence-corrected chi connectivity index (χ2v) is 6.27. The Morgan fingerprint density at radius 3 is 2.40 bits per heavy atom. The van der Waals surface area contributed by atoms with E-state index in [4.69, 9.17) is 9.47 Å². The second kappa shape index (κ2) is 8.56. The Morgan fingerprint density at radius 1 is 1.12 bits per heavy atom. The molecular weight excluding hydrogens is 314 g/mol. The van der Waals surface area contributed by atoms with E-state index in [-0.39, 0.29) is 11.9 Å². The van der Waals surface area contributed by atoms with E-state index in [1.54, 1.807) is 14.0 Å². The SMILES string of the molecule is CC[C@H](NC(=O)[C@H](C)Oc1cc(C)ccc1C)c1ccc(OC)cc1. The molecule has 0 bridgehead atoms. The molecular formula is C21H27NO3. The van der Waals surface area contributed by atoms with E-state index in [1.165, 1.54) is 0 Å². The second-order valence-electron chi connectivity index (χ2n) is 6.27. The van der Waals surface area contributed by atoms with Gasteiger partial charge in [-0.3, -0.25) is 4.79 Å². The molecule has 0 aliphatic rings. The molecule has 134 valence electrons. The molecule has 2 aromatic rings. The third-order valence-corrected chi connectivity index (χ3v) is 4.26. The molecule has 0 saturated heterocycles. The average molecular weight is 341 g/mol. The molecule has 2 rings (SSSR count). The first kappa shape index (κ1) is 18.8. The van der Waals surface area contributed by atoms with Gasteiger partial charge in [0.05, 0.1) is 13.2 Å². The van der Waals surface area contributed by atoms with Gasteiger partial charge in [0.2, 0.25) is 0 Å². The highest BCUT2D eigenvalue weighted by Crippen LogP contribution is 2.22. The van der Waals surface area contributed by atoms with Crippen LogP contribution in [0.4, 0.5) is 0 Å². The van der Waals surface area contributed by atoms with Crippen LogP contribution in [0.25, 0.3) is 0 Å². The number of carbonyl (C=O) groups is 1. The Morgan fingerprint density at radius 2 is 1.80 bits per heavy atom. The Bertz CT molecular complexity index is 710. The Balaban J connectivity index is 2.03. The summed E-state index contributed by atoms with van der Waals surface area (Å²) in [7, 11) is 1.64. The fourth-order valence-corrected chi connectivity index (χ4v) is 2.62. The normalized spacial score (nSPS) is 13.0. The molecule has 4 nitrogen and oxygen atoms in total. The van der Waals surface area contributed by atoms with Crippen molar-refractivity contribution in [3.05, 3.63) is 59.2 Å². The zero-order chi connectivity index (χ0) is 18.4. The van der Waals surface area contributed by atoms with Crippen LogP contribution >= 0.6 is 0 Å². The maximum Gasteiger partial charge on any atom is 0.261 e. The van der Waals surface area contributed by atoms with E-state index < -0.39 is 6.10 Å². The molecule has 0 aromatic heterocycles. The smallest absolute Gasteiger partial charge is 0.261 e. The molecule has 1 N–H and O–H groups in total. The summed E-state index contributed by atoms with van der Waals surface area (Å²) in [6, 6.07) is 13.7. The Hall–Kier alpha value is -2.49. The first-order valence-corrected chi connectivity index (χ1v) is 8.62. The number of rotatable bonds is 7. The fraction of sp³-hybridized carbons (Fsp3) is 0.381. The monoisotopic (exact) mass is 341 g/mol. The van der Waals surface area contributed by atoms with Crippen molar-refractivity contribution in [3.63, 3.8) is 0 Å². The largest absolute Gasteiger partial charge is 0.497 e. The predicted molar refractivity (Wildman–Crippen MR) is 100 cm³/mol. The van der Waals surface area contributed by atoms with Gasteiger partial charge in [-0.15, -0.1) is 0 Å². The van der Waals surface area contributed by atoms with E-state index in [9.17, 15) is 4.79 Å². The maximum atomic E-state index is 12.5. The van der Waals surface area contributed by atoms with Crippen LogP contribution < -0.4 is 14.8 Å². The van der Waals surface area contributed by atoms with Crippen LogP contribution in [0, 0.1) is 13.8 Å². The summed E-state index contributed by atoms with van der Waals surface area (Å²) in [5, 5.41) is 3.07. The minimum absolute atomic E-state index is 0.0527. The standard InChI is InChI=1S/C21H27NO3/c1-6-19(17-9-11-18(24-5)12-10-17)22-21(23)16(4)25-20-13-14(2)7-8-15(20)3/h7-13,16,19H,6H2,1-5H3,(H,22,23)/t16-,19-/m0/s1. The lowest BCUT2D eigenvalue weighted by Crippen LogP contribution is -2.38. The topological polar surface area (TPSA) is 47.6 Å². The van der Waals surface area contributed by atoms with Crippen molar-refractivity contribution >= 4 is 5.91 Å². The summed E-state index contributed by atoms with van der Waals surface area (Å²) in [5.74, 6) is 1.43. The van der Waals surface area contributed by atoms with E-state index in [2.05, 4.69) is 5.32 Å². The van der Waals surface area contributed by atoms with E-state index in [1.807, 2.05) is 63.2 Å². The van der Waals surface area contributed by atoms with Crippen LogP contribution in [0.5, 0.6) is 11.5 Å². The zero-order valence-corrected chi connectivity index (χ0v) is 15.6. The molecule has 0 fully saturated rings. The summed E-state index contributed by atoms with van der Waals surface area (Å²) in [6.45, 7) is 7.81. The summed E-state index contributed by atoms with van der Waals surface area (Å²) in [6.07, 6.45) is 0.238. The van der Waals surface area contributed by atoms with Crippen molar-refractivity contribution in [3.8, 4) is 11.5 Å². The highest BCUT2D eigenvalue weighted by molar-refractivity contribution is 5.81. The van der Waals surface area contributed by atoms with Crippen LogP contribution in [0.2, 0.25) is 0 Å². The molecule has 0 unspecified atom stereocenters. The van der Waals surface area contributed by atoms with Crippen molar-refractivity contribution in [2.45, 2.75) is 46.3 Å². The lowest BCUT2D eigenvalue weighted by atomic mass is 10.0. The summed E-state index contributed by atoms with van der Waals surface area (Å²) < 4.78 is 11.1. The van der Waals surface area contributed by atoms with Crippen LogP contribution in [0.1, 0.15) is 43.0 Å². The minimum atomic E-state index is -0.562. The third kappa shape index (κ3) is 4.99. The van der Waals surface area contributed by atoms with Gasteiger partial charge in [0.1, 0.15) is 11.5 Å². The molecule has 0 aliphatic heterocycles. The highest BCUT2D eigenvalue weighted by atomic mass is 16.5. The van der Waals surface area contributed by atoms with Gasteiger partial charge >= 0.3 is 0 Å². The zero-order valence-electron chi connectivity index (χ0n) is 15.6. The number of methoxy groups -OCH3 is 1. The van der Waals surface area contributed by atoms with Crippen molar-refractivity contribution in [2.24, 2.45) is 0 Å². The Kier molecular flexibility index (Phi) is 6.45. The van der Waals surface area contributed by atoms with Gasteiger partial charge in [0, 0.05) is 0 Å². The van der Waals surface area contributed by atoms with Crippen molar-refractivity contribution < 1.29 is 14.3 Å². The molecule has 0 radical (unpaired) electrons. The number of aryl methyl sites for hydroxylation is 2. The van der Waals surface area contributed by atoms with Gasteiger partial charge in [-0.05, 0) is 62.1 Å². The molecule has 2 atom stereocenters. The molecule has 0 aliphatic carbocycles. The number of ether oxygens (including phenoxy) is 2. The third-order valence-electron chi connectivity index (χ3n) is 4.26. The van der Waals surface area contributed by atoms with E-state index in [0.717, 1.165) is 34.6 Å². The number of benzene rings is 2. The van der Waals surface area contributed by atoms with Gasteiger partial charge in [-0.25, -0.2) is 0 Å². The van der Waals surface area contributed by atoms with Crippen LogP contribution in [0.15, 0.2) is 42.5 Å². The summed E-state index contributed by atoms with van der Waals surface area (Å²) >= 11 is 0. The molecule has 0 saturated carbocycles. The van der Waals surface area contributed by atoms with Crippen LogP contribution in [-0.2, 0) is 4.79 Å². The van der Waals surface area contributed by atoms with Gasteiger partial charge in [-0.1, -0.05) is 31.2 Å². The minimum Gasteiger partial charge on any atom is -0.497 e. The first-order valence-electron chi connectivity index (χ1n) is 8.62. The number of nitrogens with one attached hydrogen (secondary N) is 1. The predicted octanol–water partition coefficient (Wildman–Crippen LogP) is 4.35. The molecule has 25 heavy (non-hydrogen) atoms. The lowest BCUT2D eigenvalue weighted by Gasteiger charge is -2.22. The first-order chi connectivity index (χ1) is 11.9.